The molecule has 0 radical (unpaired) electrons. The van der Waals surface area contributed by atoms with Gasteiger partial charge in [-0.3, -0.25) is 4.79 Å². The molecule has 1 aromatic heterocycles. The number of amides is 1. The van der Waals surface area contributed by atoms with Gasteiger partial charge in [0, 0.05) is 29.9 Å². The number of thiophene rings is 1. The third-order valence-corrected chi connectivity index (χ3v) is 6.05. The van der Waals surface area contributed by atoms with Crippen molar-refractivity contribution < 1.29 is 23.5 Å². The van der Waals surface area contributed by atoms with Crippen molar-refractivity contribution in [2.45, 2.75) is 13.8 Å². The Kier molecular flexibility index (Phi) is 6.53. The third kappa shape index (κ3) is 4.45. The molecule has 1 aromatic carbocycles. The molecule has 0 spiro atoms. The zero-order valence-electron chi connectivity index (χ0n) is 15.5. The largest absolute Gasteiger partial charge is 0.462 e. The van der Waals surface area contributed by atoms with Crippen LogP contribution < -0.4 is 10.2 Å². The van der Waals surface area contributed by atoms with Crippen LogP contribution in [0.15, 0.2) is 18.2 Å². The lowest BCUT2D eigenvalue weighted by Gasteiger charge is -2.29. The molecule has 9 heteroatoms. The number of carbonyl (C=O) groups excluding carboxylic acids is 2. The highest BCUT2D eigenvalue weighted by molar-refractivity contribution is 7.19. The maximum atomic E-state index is 14.1. The van der Waals surface area contributed by atoms with Gasteiger partial charge in [0.25, 0.3) is 5.91 Å². The van der Waals surface area contributed by atoms with Crippen molar-refractivity contribution in [2.24, 2.45) is 0 Å². The molecule has 0 bridgehead atoms. The summed E-state index contributed by atoms with van der Waals surface area (Å²) < 4.78 is 24.4. The molecule has 0 saturated carbocycles. The van der Waals surface area contributed by atoms with Crippen LogP contribution in [0.5, 0.6) is 0 Å². The molecule has 0 unspecified atom stereocenters. The lowest BCUT2D eigenvalue weighted by Crippen LogP contribution is -2.36. The van der Waals surface area contributed by atoms with E-state index in [1.807, 2.05) is 4.90 Å². The first kappa shape index (κ1) is 20.6. The van der Waals surface area contributed by atoms with Gasteiger partial charge in [0.05, 0.1) is 24.8 Å². The van der Waals surface area contributed by atoms with Crippen molar-refractivity contribution >= 4 is 45.5 Å². The fourth-order valence-electron chi connectivity index (χ4n) is 2.83. The number of anilines is 2. The minimum Gasteiger partial charge on any atom is -0.462 e. The molecule has 0 aliphatic carbocycles. The van der Waals surface area contributed by atoms with Gasteiger partial charge < -0.3 is 19.7 Å². The summed E-state index contributed by atoms with van der Waals surface area (Å²) in [6.07, 6.45) is 0. The normalized spacial score (nSPS) is 14.1. The molecular formula is C19H20ClFN2O4S. The predicted molar refractivity (Wildman–Crippen MR) is 107 cm³/mol. The molecule has 0 atom stereocenters. The van der Waals surface area contributed by atoms with Gasteiger partial charge in [-0.25, -0.2) is 9.18 Å². The van der Waals surface area contributed by atoms with Gasteiger partial charge in [0.1, 0.15) is 15.7 Å². The standard InChI is InChI=1S/C19H20ClFN2O4S/c1-3-27-19(25)16-15(20)11(2)18(28-16)22-17(24)12-8-13(21)10-14(9-12)23-4-6-26-7-5-23/h8-10H,3-7H2,1-2H3,(H,22,24). The molecule has 1 aliphatic heterocycles. The average molecular weight is 427 g/mol. The molecular weight excluding hydrogens is 407 g/mol. The van der Waals surface area contributed by atoms with Crippen LogP contribution in [0, 0.1) is 12.7 Å². The number of morpholine rings is 1. The van der Waals surface area contributed by atoms with Gasteiger partial charge in [-0.15, -0.1) is 11.3 Å². The summed E-state index contributed by atoms with van der Waals surface area (Å²) in [7, 11) is 0. The summed E-state index contributed by atoms with van der Waals surface area (Å²) in [6, 6.07) is 4.21. The van der Waals surface area contributed by atoms with Gasteiger partial charge in [-0.2, -0.15) is 0 Å². The molecule has 1 amide bonds. The van der Waals surface area contributed by atoms with Gasteiger partial charge in [0.15, 0.2) is 0 Å². The van der Waals surface area contributed by atoms with Crippen molar-refractivity contribution in [3.05, 3.63) is 45.0 Å². The van der Waals surface area contributed by atoms with E-state index >= 15 is 0 Å². The average Bonchev–Trinajstić information content (AvgIpc) is 2.97. The maximum Gasteiger partial charge on any atom is 0.349 e. The molecule has 2 heterocycles. The Labute approximate surface area is 171 Å². The van der Waals surface area contributed by atoms with Crippen LogP contribution in [0.3, 0.4) is 0 Å². The predicted octanol–water partition coefficient (Wildman–Crippen LogP) is 4.11. The lowest BCUT2D eigenvalue weighted by atomic mass is 10.1. The summed E-state index contributed by atoms with van der Waals surface area (Å²) in [4.78, 5) is 26.9. The van der Waals surface area contributed by atoms with E-state index in [1.165, 1.54) is 12.1 Å². The Hall–Kier alpha value is -2.16. The van der Waals surface area contributed by atoms with Crippen LogP contribution in [0.2, 0.25) is 5.02 Å². The Morgan fingerprint density at radius 1 is 1.32 bits per heavy atom. The second kappa shape index (κ2) is 8.89. The molecule has 1 saturated heterocycles. The molecule has 28 heavy (non-hydrogen) atoms. The Morgan fingerprint density at radius 3 is 2.71 bits per heavy atom. The molecule has 6 nitrogen and oxygen atoms in total. The Bertz CT molecular complexity index is 896. The number of nitrogens with one attached hydrogen (secondary N) is 1. The van der Waals surface area contributed by atoms with Crippen molar-refractivity contribution in [2.75, 3.05) is 43.1 Å². The van der Waals surface area contributed by atoms with E-state index < -0.39 is 17.7 Å². The van der Waals surface area contributed by atoms with E-state index in [0.717, 1.165) is 11.3 Å². The number of halogens is 2. The van der Waals surface area contributed by atoms with E-state index in [2.05, 4.69) is 5.32 Å². The second-order valence-corrected chi connectivity index (χ2v) is 7.57. The maximum absolute atomic E-state index is 14.1. The van der Waals surface area contributed by atoms with E-state index in [4.69, 9.17) is 21.1 Å². The number of nitrogens with zero attached hydrogens (tertiary/aromatic N) is 1. The molecule has 1 aliphatic rings. The lowest BCUT2D eigenvalue weighted by molar-refractivity contribution is 0.0532. The topological polar surface area (TPSA) is 67.9 Å². The molecule has 3 rings (SSSR count). The first-order valence-electron chi connectivity index (χ1n) is 8.81. The number of esters is 1. The van der Waals surface area contributed by atoms with Crippen LogP contribution in [0.25, 0.3) is 0 Å². The fraction of sp³-hybridized carbons (Fsp3) is 0.368. The van der Waals surface area contributed by atoms with Crippen molar-refractivity contribution in [3.63, 3.8) is 0 Å². The second-order valence-electron chi connectivity index (χ2n) is 6.17. The van der Waals surface area contributed by atoms with Gasteiger partial charge >= 0.3 is 5.97 Å². The monoisotopic (exact) mass is 426 g/mol. The van der Waals surface area contributed by atoms with Crippen molar-refractivity contribution in [1.29, 1.82) is 0 Å². The highest BCUT2D eigenvalue weighted by atomic mass is 35.5. The first-order valence-corrected chi connectivity index (χ1v) is 10.0. The number of hydrogen-bond acceptors (Lipinski definition) is 6. The van der Waals surface area contributed by atoms with Crippen LogP contribution in [0.1, 0.15) is 32.5 Å². The molecule has 1 N–H and O–H groups in total. The Balaban J connectivity index is 1.82. The number of hydrogen-bond donors (Lipinski definition) is 1. The van der Waals surface area contributed by atoms with Gasteiger partial charge in [-0.05, 0) is 32.0 Å². The highest BCUT2D eigenvalue weighted by Crippen LogP contribution is 2.37. The number of benzene rings is 1. The van der Waals surface area contributed by atoms with E-state index in [9.17, 15) is 14.0 Å². The van der Waals surface area contributed by atoms with E-state index in [1.54, 1.807) is 19.9 Å². The molecule has 1 fully saturated rings. The zero-order valence-corrected chi connectivity index (χ0v) is 17.1. The van der Waals surface area contributed by atoms with E-state index in [0.29, 0.717) is 42.6 Å². The minimum atomic E-state index is -0.540. The quantitative estimate of drug-likeness (QED) is 0.728. The first-order chi connectivity index (χ1) is 13.4. The summed E-state index contributed by atoms with van der Waals surface area (Å²) in [5, 5.41) is 3.39. The fourth-order valence-corrected chi connectivity index (χ4v) is 4.16. The van der Waals surface area contributed by atoms with Crippen LogP contribution in [0.4, 0.5) is 15.1 Å². The number of ether oxygens (including phenoxy) is 2. The zero-order chi connectivity index (χ0) is 20.3. The summed E-state index contributed by atoms with van der Waals surface area (Å²) in [5.41, 5.74) is 1.37. The van der Waals surface area contributed by atoms with E-state index in [-0.39, 0.29) is 22.1 Å². The van der Waals surface area contributed by atoms with Crippen molar-refractivity contribution in [3.8, 4) is 0 Å². The van der Waals surface area contributed by atoms with Crippen LogP contribution in [-0.4, -0.2) is 44.8 Å². The SMILES string of the molecule is CCOC(=O)c1sc(NC(=O)c2cc(F)cc(N3CCOCC3)c2)c(C)c1Cl. The highest BCUT2D eigenvalue weighted by Gasteiger charge is 2.22. The van der Waals surface area contributed by atoms with Gasteiger partial charge in [-0.1, -0.05) is 11.6 Å². The molecule has 150 valence electrons. The van der Waals surface area contributed by atoms with Crippen LogP contribution >= 0.6 is 22.9 Å². The van der Waals surface area contributed by atoms with Crippen LogP contribution in [-0.2, 0) is 9.47 Å². The third-order valence-electron chi connectivity index (χ3n) is 4.28. The minimum absolute atomic E-state index is 0.183. The summed E-state index contributed by atoms with van der Waals surface area (Å²) in [5.74, 6) is -1.52. The number of carbonyl (C=O) groups is 2. The summed E-state index contributed by atoms with van der Waals surface area (Å²) >= 11 is 7.24. The van der Waals surface area contributed by atoms with Gasteiger partial charge in [0.2, 0.25) is 0 Å². The molecule has 2 aromatic rings. The number of rotatable bonds is 5. The summed E-state index contributed by atoms with van der Waals surface area (Å²) in [6.45, 7) is 6.00. The smallest absolute Gasteiger partial charge is 0.349 e. The van der Waals surface area contributed by atoms with Crippen molar-refractivity contribution in [1.82, 2.24) is 0 Å². The Morgan fingerprint density at radius 2 is 2.04 bits per heavy atom.